The Morgan fingerprint density at radius 2 is 2.19 bits per heavy atom. The number of halogens is 1. The van der Waals surface area contributed by atoms with Crippen molar-refractivity contribution >= 4 is 26.0 Å². The van der Waals surface area contributed by atoms with Crippen LogP contribution in [0.4, 0.5) is 0 Å². The molecule has 0 amide bonds. The molecule has 1 heterocycles. The summed E-state index contributed by atoms with van der Waals surface area (Å²) < 4.78 is 33.6. The molecular weight excluding hydrogens is 358 g/mol. The Balaban J connectivity index is 1.96. The predicted molar refractivity (Wildman–Crippen MR) is 81.3 cm³/mol. The Kier molecular flexibility index (Phi) is 4.38. The minimum absolute atomic E-state index is 0.0315. The van der Waals surface area contributed by atoms with Crippen LogP contribution in [0, 0.1) is 0 Å². The molecule has 1 aliphatic heterocycles. The van der Waals surface area contributed by atoms with E-state index in [1.165, 1.54) is 0 Å². The zero-order valence-electron chi connectivity index (χ0n) is 11.5. The lowest BCUT2D eigenvalue weighted by Crippen LogP contribution is -2.51. The van der Waals surface area contributed by atoms with E-state index in [2.05, 4.69) is 15.9 Å². The van der Waals surface area contributed by atoms with Crippen LogP contribution in [0.15, 0.2) is 27.6 Å². The van der Waals surface area contributed by atoms with E-state index in [1.54, 1.807) is 22.5 Å². The van der Waals surface area contributed by atoms with Crippen LogP contribution in [0.3, 0.4) is 0 Å². The first-order valence-corrected chi connectivity index (χ1v) is 9.30. The van der Waals surface area contributed by atoms with Gasteiger partial charge >= 0.3 is 0 Å². The fraction of sp³-hybridized carbons (Fsp3) is 0.571. The van der Waals surface area contributed by atoms with Crippen molar-refractivity contribution in [2.45, 2.75) is 42.9 Å². The second kappa shape index (κ2) is 5.96. The Morgan fingerprint density at radius 1 is 1.38 bits per heavy atom. The minimum atomic E-state index is -3.55. The molecule has 1 saturated carbocycles. The highest BCUT2D eigenvalue weighted by Crippen LogP contribution is 2.35. The fourth-order valence-electron chi connectivity index (χ4n) is 3.17. The summed E-state index contributed by atoms with van der Waals surface area (Å²) in [7, 11) is -3.55. The first kappa shape index (κ1) is 15.4. The molecule has 0 radical (unpaired) electrons. The molecule has 1 aromatic rings. The van der Waals surface area contributed by atoms with Gasteiger partial charge in [0.2, 0.25) is 10.0 Å². The van der Waals surface area contributed by atoms with Gasteiger partial charge in [-0.2, -0.15) is 4.31 Å². The Labute approximate surface area is 133 Å². The average molecular weight is 376 g/mol. The maximum atomic E-state index is 12.9. The lowest BCUT2D eigenvalue weighted by atomic mass is 10.2. The second-order valence-electron chi connectivity index (χ2n) is 5.45. The molecule has 2 aliphatic rings. The molecule has 5 nitrogen and oxygen atoms in total. The van der Waals surface area contributed by atoms with Gasteiger partial charge in [0.05, 0.1) is 30.3 Å². The van der Waals surface area contributed by atoms with E-state index in [1.807, 2.05) is 0 Å². The average Bonchev–Trinajstić information content (AvgIpc) is 2.94. The highest BCUT2D eigenvalue weighted by molar-refractivity contribution is 9.10. The lowest BCUT2D eigenvalue weighted by molar-refractivity contribution is -0.0241. The number of benzene rings is 1. The van der Waals surface area contributed by atoms with Crippen molar-refractivity contribution in [3.63, 3.8) is 0 Å². The lowest BCUT2D eigenvalue weighted by Gasteiger charge is -2.36. The fourth-order valence-corrected chi connectivity index (χ4v) is 5.92. The molecule has 2 unspecified atom stereocenters. The Hall–Kier alpha value is -0.470. The molecule has 0 aromatic heterocycles. The van der Waals surface area contributed by atoms with Crippen LogP contribution >= 0.6 is 15.9 Å². The highest BCUT2D eigenvalue weighted by atomic mass is 79.9. The van der Waals surface area contributed by atoms with Gasteiger partial charge in [-0.05, 0) is 52.9 Å². The molecule has 7 heteroatoms. The highest BCUT2D eigenvalue weighted by Gasteiger charge is 2.42. The standard InChI is InChI=1S/C14H18BrNO4S/c15-11-8-10(9-17)4-5-14(11)21(18,19)16-6-7-20-13-3-1-2-12(13)16/h4-5,8,12-13,17H,1-3,6-7,9H2. The minimum Gasteiger partial charge on any atom is -0.392 e. The second-order valence-corrected chi connectivity index (χ2v) is 8.16. The smallest absolute Gasteiger partial charge is 0.244 e. The topological polar surface area (TPSA) is 66.8 Å². The van der Waals surface area contributed by atoms with Crippen molar-refractivity contribution in [2.24, 2.45) is 0 Å². The third-order valence-corrected chi connectivity index (χ3v) is 7.10. The van der Waals surface area contributed by atoms with Crippen molar-refractivity contribution in [1.82, 2.24) is 4.31 Å². The number of nitrogens with zero attached hydrogens (tertiary/aromatic N) is 1. The van der Waals surface area contributed by atoms with E-state index >= 15 is 0 Å². The van der Waals surface area contributed by atoms with Gasteiger partial charge in [-0.25, -0.2) is 8.42 Å². The first-order valence-electron chi connectivity index (χ1n) is 7.07. The van der Waals surface area contributed by atoms with Crippen molar-refractivity contribution in [1.29, 1.82) is 0 Å². The molecule has 0 spiro atoms. The third kappa shape index (κ3) is 2.77. The zero-order valence-corrected chi connectivity index (χ0v) is 13.9. The summed E-state index contributed by atoms with van der Waals surface area (Å²) in [6.45, 7) is 0.742. The maximum Gasteiger partial charge on any atom is 0.244 e. The van der Waals surface area contributed by atoms with E-state index in [4.69, 9.17) is 9.84 Å². The summed E-state index contributed by atoms with van der Waals surface area (Å²) in [6.07, 6.45) is 2.83. The molecule has 1 aromatic carbocycles. The van der Waals surface area contributed by atoms with E-state index in [9.17, 15) is 8.42 Å². The third-order valence-electron chi connectivity index (χ3n) is 4.20. The number of sulfonamides is 1. The molecule has 1 N–H and O–H groups in total. The van der Waals surface area contributed by atoms with Gasteiger partial charge in [-0.1, -0.05) is 6.07 Å². The summed E-state index contributed by atoms with van der Waals surface area (Å²) >= 11 is 3.31. The maximum absolute atomic E-state index is 12.9. The van der Waals surface area contributed by atoms with Gasteiger partial charge in [0.25, 0.3) is 0 Å². The zero-order chi connectivity index (χ0) is 15.0. The monoisotopic (exact) mass is 375 g/mol. The molecule has 1 aliphatic carbocycles. The number of aliphatic hydroxyl groups excluding tert-OH is 1. The quantitative estimate of drug-likeness (QED) is 0.875. The molecule has 21 heavy (non-hydrogen) atoms. The summed E-state index contributed by atoms with van der Waals surface area (Å²) in [5.74, 6) is 0. The molecule has 3 rings (SSSR count). The van der Waals surface area contributed by atoms with Gasteiger partial charge in [0.15, 0.2) is 0 Å². The largest absolute Gasteiger partial charge is 0.392 e. The van der Waals surface area contributed by atoms with Gasteiger partial charge in [-0.15, -0.1) is 0 Å². The van der Waals surface area contributed by atoms with Crippen LogP contribution in [0.25, 0.3) is 0 Å². The number of hydrogen-bond donors (Lipinski definition) is 1. The van der Waals surface area contributed by atoms with Crippen LogP contribution in [0.1, 0.15) is 24.8 Å². The molecular formula is C14H18BrNO4S. The van der Waals surface area contributed by atoms with Crippen LogP contribution in [-0.4, -0.2) is 43.1 Å². The molecule has 0 bridgehead atoms. The van der Waals surface area contributed by atoms with E-state index in [0.29, 0.717) is 23.2 Å². The summed E-state index contributed by atoms with van der Waals surface area (Å²) in [6, 6.07) is 4.81. The number of ether oxygens (including phenoxy) is 1. The number of fused-ring (bicyclic) bond motifs is 1. The number of rotatable bonds is 3. The number of morpholine rings is 1. The van der Waals surface area contributed by atoms with Crippen molar-refractivity contribution in [3.8, 4) is 0 Å². The molecule has 116 valence electrons. The van der Waals surface area contributed by atoms with Crippen molar-refractivity contribution in [3.05, 3.63) is 28.2 Å². The normalized spacial score (nSPS) is 26.8. The molecule has 1 saturated heterocycles. The van der Waals surface area contributed by atoms with Crippen LogP contribution in [0.2, 0.25) is 0 Å². The van der Waals surface area contributed by atoms with E-state index < -0.39 is 10.0 Å². The van der Waals surface area contributed by atoms with Gasteiger partial charge in [0, 0.05) is 11.0 Å². The first-order chi connectivity index (χ1) is 10.0. The van der Waals surface area contributed by atoms with Gasteiger partial charge in [0.1, 0.15) is 0 Å². The number of aliphatic hydroxyl groups is 1. The molecule has 2 fully saturated rings. The summed E-state index contributed by atoms with van der Waals surface area (Å²) in [5, 5.41) is 9.13. The van der Waals surface area contributed by atoms with Crippen LogP contribution < -0.4 is 0 Å². The summed E-state index contributed by atoms with van der Waals surface area (Å²) in [5.41, 5.74) is 0.682. The van der Waals surface area contributed by atoms with E-state index in [0.717, 1.165) is 19.3 Å². The predicted octanol–water partition coefficient (Wildman–Crippen LogP) is 1.88. The Morgan fingerprint density at radius 3 is 2.90 bits per heavy atom. The van der Waals surface area contributed by atoms with Gasteiger partial charge < -0.3 is 9.84 Å². The van der Waals surface area contributed by atoms with Crippen LogP contribution in [-0.2, 0) is 21.4 Å². The SMILES string of the molecule is O=S(=O)(c1ccc(CO)cc1Br)N1CCOC2CCCC21. The summed E-state index contributed by atoms with van der Waals surface area (Å²) in [4.78, 5) is 0.257. The number of hydrogen-bond acceptors (Lipinski definition) is 4. The van der Waals surface area contributed by atoms with Gasteiger partial charge in [-0.3, -0.25) is 0 Å². The molecule has 2 atom stereocenters. The van der Waals surface area contributed by atoms with E-state index in [-0.39, 0.29) is 23.6 Å². The van der Waals surface area contributed by atoms with Crippen molar-refractivity contribution < 1.29 is 18.3 Å². The van der Waals surface area contributed by atoms with Crippen LogP contribution in [0.5, 0.6) is 0 Å². The Bertz CT molecular complexity index is 634. The van der Waals surface area contributed by atoms with Crippen molar-refractivity contribution in [2.75, 3.05) is 13.2 Å².